The van der Waals surface area contributed by atoms with Gasteiger partial charge in [-0.3, -0.25) is 0 Å². The van der Waals surface area contributed by atoms with E-state index in [-0.39, 0.29) is 0 Å². The maximum absolute atomic E-state index is 4.82. The van der Waals surface area contributed by atoms with E-state index >= 15 is 0 Å². The predicted octanol–water partition coefficient (Wildman–Crippen LogP) is 0.891. The van der Waals surface area contributed by atoms with Gasteiger partial charge in [-0.05, 0) is 0 Å². The van der Waals surface area contributed by atoms with Crippen LogP contribution in [0, 0.1) is 0 Å². The average Bonchev–Trinajstić information content (AvgIpc) is 1.91. The third-order valence-electron chi connectivity index (χ3n) is 0.884. The van der Waals surface area contributed by atoms with Crippen molar-refractivity contribution in [3.63, 3.8) is 0 Å². The SMILES string of the molecule is C=C1C=CON1C. The quantitative estimate of drug-likeness (QED) is 0.445. The van der Waals surface area contributed by atoms with Crippen molar-refractivity contribution < 1.29 is 4.84 Å². The van der Waals surface area contributed by atoms with Crippen LogP contribution in [-0.2, 0) is 4.84 Å². The lowest BCUT2D eigenvalue weighted by Crippen LogP contribution is -2.06. The minimum Gasteiger partial charge on any atom is -0.388 e. The molecule has 0 radical (unpaired) electrons. The highest BCUT2D eigenvalue weighted by molar-refractivity contribution is 5.12. The number of rotatable bonds is 0. The van der Waals surface area contributed by atoms with Crippen molar-refractivity contribution in [1.29, 1.82) is 0 Å². The lowest BCUT2D eigenvalue weighted by atomic mass is 10.5. The third-order valence-corrected chi connectivity index (χ3v) is 0.884. The number of likely N-dealkylation sites (N-methyl/N-ethyl adjacent to an activating group) is 1. The molecule has 0 unspecified atom stereocenters. The van der Waals surface area contributed by atoms with Crippen LogP contribution in [0.4, 0.5) is 0 Å². The van der Waals surface area contributed by atoms with E-state index in [2.05, 4.69) is 6.58 Å². The third kappa shape index (κ3) is 0.585. The highest BCUT2D eigenvalue weighted by Gasteiger charge is 2.01. The molecule has 1 rings (SSSR count). The van der Waals surface area contributed by atoms with Gasteiger partial charge in [0.25, 0.3) is 0 Å². The van der Waals surface area contributed by atoms with E-state index in [0.29, 0.717) is 0 Å². The van der Waals surface area contributed by atoms with Gasteiger partial charge in [0.15, 0.2) is 0 Å². The lowest BCUT2D eigenvalue weighted by Gasteiger charge is -2.08. The zero-order chi connectivity index (χ0) is 5.28. The maximum Gasteiger partial charge on any atom is 0.121 e. The van der Waals surface area contributed by atoms with E-state index in [1.165, 1.54) is 0 Å². The molecule has 0 aliphatic carbocycles. The van der Waals surface area contributed by atoms with Crippen LogP contribution in [0.5, 0.6) is 0 Å². The van der Waals surface area contributed by atoms with Crippen LogP contribution in [0.15, 0.2) is 24.6 Å². The first-order valence-electron chi connectivity index (χ1n) is 2.06. The summed E-state index contributed by atoms with van der Waals surface area (Å²) >= 11 is 0. The Balaban J connectivity index is 2.62. The largest absolute Gasteiger partial charge is 0.388 e. The van der Waals surface area contributed by atoms with Gasteiger partial charge in [0.1, 0.15) is 6.26 Å². The average molecular weight is 97.1 g/mol. The van der Waals surface area contributed by atoms with Gasteiger partial charge in [0, 0.05) is 13.1 Å². The molecule has 2 heteroatoms. The van der Waals surface area contributed by atoms with Crippen molar-refractivity contribution in [2.24, 2.45) is 0 Å². The first-order valence-corrected chi connectivity index (χ1v) is 2.06. The molecule has 1 aliphatic rings. The summed E-state index contributed by atoms with van der Waals surface area (Å²) in [7, 11) is 1.81. The van der Waals surface area contributed by atoms with Crippen LogP contribution in [0.3, 0.4) is 0 Å². The molecule has 0 saturated heterocycles. The summed E-state index contributed by atoms with van der Waals surface area (Å²) in [4.78, 5) is 4.82. The van der Waals surface area contributed by atoms with Crippen LogP contribution in [0.1, 0.15) is 0 Å². The number of hydrogen-bond acceptors (Lipinski definition) is 2. The van der Waals surface area contributed by atoms with Crippen molar-refractivity contribution in [2.45, 2.75) is 0 Å². The zero-order valence-corrected chi connectivity index (χ0v) is 4.22. The van der Waals surface area contributed by atoms with Crippen molar-refractivity contribution in [2.75, 3.05) is 7.05 Å². The van der Waals surface area contributed by atoms with Gasteiger partial charge in [-0.15, -0.1) is 0 Å². The van der Waals surface area contributed by atoms with Gasteiger partial charge in [0.05, 0.1) is 5.70 Å². The van der Waals surface area contributed by atoms with E-state index in [0.717, 1.165) is 5.70 Å². The Morgan fingerprint density at radius 3 is 2.71 bits per heavy atom. The lowest BCUT2D eigenvalue weighted by molar-refractivity contribution is -0.0243. The van der Waals surface area contributed by atoms with Crippen molar-refractivity contribution in [3.05, 3.63) is 24.6 Å². The van der Waals surface area contributed by atoms with Crippen molar-refractivity contribution in [1.82, 2.24) is 5.06 Å². The smallest absolute Gasteiger partial charge is 0.121 e. The maximum atomic E-state index is 4.82. The fourth-order valence-corrected chi connectivity index (χ4v) is 0.373. The number of hydrogen-bond donors (Lipinski definition) is 0. The second kappa shape index (κ2) is 1.30. The van der Waals surface area contributed by atoms with Gasteiger partial charge in [-0.2, -0.15) is 0 Å². The fourth-order valence-electron chi connectivity index (χ4n) is 0.373. The second-order valence-electron chi connectivity index (χ2n) is 1.40. The highest BCUT2D eigenvalue weighted by atomic mass is 16.7. The molecule has 0 spiro atoms. The molecule has 1 aliphatic heterocycles. The first kappa shape index (κ1) is 4.24. The molecular formula is C5H7NO. The van der Waals surface area contributed by atoms with E-state index in [4.69, 9.17) is 4.84 Å². The van der Waals surface area contributed by atoms with Gasteiger partial charge in [-0.1, -0.05) is 6.58 Å². The minimum atomic E-state index is 0.889. The fraction of sp³-hybridized carbons (Fsp3) is 0.200. The topological polar surface area (TPSA) is 12.5 Å². The Morgan fingerprint density at radius 2 is 2.57 bits per heavy atom. The Labute approximate surface area is 42.6 Å². The highest BCUT2D eigenvalue weighted by Crippen LogP contribution is 2.07. The van der Waals surface area contributed by atoms with Gasteiger partial charge >= 0.3 is 0 Å². The van der Waals surface area contributed by atoms with Crippen molar-refractivity contribution in [3.8, 4) is 0 Å². The molecule has 0 N–H and O–H groups in total. The monoisotopic (exact) mass is 97.1 g/mol. The normalized spacial score (nSPS) is 17.9. The van der Waals surface area contributed by atoms with Gasteiger partial charge < -0.3 is 4.84 Å². The first-order chi connectivity index (χ1) is 3.30. The number of nitrogens with zero attached hydrogens (tertiary/aromatic N) is 1. The summed E-state index contributed by atoms with van der Waals surface area (Å²) < 4.78 is 0. The molecular weight excluding hydrogens is 90.1 g/mol. The number of hydroxylamine groups is 2. The molecule has 0 aromatic carbocycles. The Hall–Kier alpha value is -0.920. The molecule has 0 aromatic rings. The number of allylic oxidation sites excluding steroid dienone is 1. The Morgan fingerprint density at radius 1 is 1.86 bits per heavy atom. The molecule has 0 saturated carbocycles. The van der Waals surface area contributed by atoms with Crippen LogP contribution >= 0.6 is 0 Å². The minimum absolute atomic E-state index is 0.889. The second-order valence-corrected chi connectivity index (χ2v) is 1.40. The summed E-state index contributed by atoms with van der Waals surface area (Å²) in [5.41, 5.74) is 0.889. The molecule has 0 amide bonds. The predicted molar refractivity (Wildman–Crippen MR) is 27.1 cm³/mol. The summed E-state index contributed by atoms with van der Waals surface area (Å²) in [5, 5.41) is 1.60. The van der Waals surface area contributed by atoms with E-state index in [1.54, 1.807) is 17.4 Å². The molecule has 0 aromatic heterocycles. The van der Waals surface area contributed by atoms with Gasteiger partial charge in [0.2, 0.25) is 0 Å². The van der Waals surface area contributed by atoms with Gasteiger partial charge in [-0.25, -0.2) is 5.06 Å². The van der Waals surface area contributed by atoms with E-state index in [1.807, 2.05) is 7.05 Å². The van der Waals surface area contributed by atoms with Crippen LogP contribution in [0.2, 0.25) is 0 Å². The Kier molecular flexibility index (Phi) is 0.785. The molecule has 0 bridgehead atoms. The molecule has 7 heavy (non-hydrogen) atoms. The molecule has 2 nitrogen and oxygen atoms in total. The van der Waals surface area contributed by atoms with Crippen LogP contribution in [0.25, 0.3) is 0 Å². The van der Waals surface area contributed by atoms with Crippen LogP contribution < -0.4 is 0 Å². The summed E-state index contributed by atoms with van der Waals surface area (Å²) in [6, 6.07) is 0. The van der Waals surface area contributed by atoms with Crippen molar-refractivity contribution >= 4 is 0 Å². The van der Waals surface area contributed by atoms with Crippen LogP contribution in [-0.4, -0.2) is 12.1 Å². The Bertz CT molecular complexity index is 117. The molecule has 0 atom stereocenters. The van der Waals surface area contributed by atoms with E-state index in [9.17, 15) is 0 Å². The molecule has 38 valence electrons. The zero-order valence-electron chi connectivity index (χ0n) is 4.22. The summed E-state index contributed by atoms with van der Waals surface area (Å²) in [6.07, 6.45) is 3.41. The summed E-state index contributed by atoms with van der Waals surface area (Å²) in [6.45, 7) is 3.65. The van der Waals surface area contributed by atoms with E-state index < -0.39 is 0 Å². The molecule has 0 fully saturated rings. The summed E-state index contributed by atoms with van der Waals surface area (Å²) in [5.74, 6) is 0. The standard InChI is InChI=1S/C5H7NO/c1-5-3-4-7-6(5)2/h3-4H,1H2,2H3. The molecule has 1 heterocycles.